The van der Waals surface area contributed by atoms with E-state index in [9.17, 15) is 14.7 Å². The smallest absolute Gasteiger partial charge is 0.408 e. The molecule has 0 aliphatic carbocycles. The van der Waals surface area contributed by atoms with Crippen LogP contribution in [0.5, 0.6) is 0 Å². The van der Waals surface area contributed by atoms with Crippen LogP contribution in [0.15, 0.2) is 72.9 Å². The zero-order valence-electron chi connectivity index (χ0n) is 19.5. The van der Waals surface area contributed by atoms with Gasteiger partial charge in [-0.05, 0) is 44.9 Å². The molecule has 0 aromatic rings. The molecule has 1 amide bonds. The number of nitrogens with one attached hydrogen (secondary N) is 1. The Morgan fingerprint density at radius 1 is 0.812 bits per heavy atom. The molecule has 5 nitrogen and oxygen atoms in total. The first kappa shape index (κ1) is 27.4. The molecule has 1 unspecified atom stereocenters. The highest BCUT2D eigenvalue weighted by atomic mass is 16.4. The van der Waals surface area contributed by atoms with E-state index in [-0.39, 0.29) is 5.78 Å². The molecule has 1 aliphatic heterocycles. The topological polar surface area (TPSA) is 69.6 Å². The molecule has 1 fully saturated rings. The normalized spacial score (nSPS) is 17.9. The van der Waals surface area contributed by atoms with Crippen molar-refractivity contribution in [3.8, 4) is 0 Å². The second kappa shape index (κ2) is 19.1. The largest absolute Gasteiger partial charge is 0.465 e. The summed E-state index contributed by atoms with van der Waals surface area (Å²) in [6.07, 6.45) is 31.6. The lowest BCUT2D eigenvalue weighted by molar-refractivity contribution is -0.124. The lowest BCUT2D eigenvalue weighted by atomic mass is 10.0. The van der Waals surface area contributed by atoms with Gasteiger partial charge in [-0.2, -0.15) is 0 Å². The predicted molar refractivity (Wildman–Crippen MR) is 134 cm³/mol. The van der Waals surface area contributed by atoms with Crippen molar-refractivity contribution in [3.63, 3.8) is 0 Å². The Balaban J connectivity index is 2.07. The summed E-state index contributed by atoms with van der Waals surface area (Å²) in [5, 5.41) is 12.3. The fourth-order valence-electron chi connectivity index (χ4n) is 3.25. The Kier molecular flexibility index (Phi) is 16.3. The summed E-state index contributed by atoms with van der Waals surface area (Å²) in [7, 11) is 0. The molecule has 1 rings (SSSR count). The lowest BCUT2D eigenvalue weighted by Crippen LogP contribution is -2.56. The number of amides is 1. The third-order valence-corrected chi connectivity index (χ3v) is 5.01. The van der Waals surface area contributed by atoms with Gasteiger partial charge in [-0.3, -0.25) is 9.69 Å². The van der Waals surface area contributed by atoms with Crippen LogP contribution < -0.4 is 5.32 Å². The lowest BCUT2D eigenvalue weighted by Gasteiger charge is -2.32. The first-order valence-electron chi connectivity index (χ1n) is 11.8. The quantitative estimate of drug-likeness (QED) is 0.307. The average Bonchev–Trinajstić information content (AvgIpc) is 2.80. The number of hydrogen-bond acceptors (Lipinski definition) is 3. The summed E-state index contributed by atoms with van der Waals surface area (Å²) in [4.78, 5) is 24.8. The predicted octanol–water partition coefficient (Wildman–Crippen LogP) is 5.99. The molecule has 2 N–H and O–H groups in total. The number of carboxylic acid groups (broad SMARTS) is 1. The molecule has 0 spiro atoms. The Labute approximate surface area is 194 Å². The molecule has 0 radical (unpaired) electrons. The summed E-state index contributed by atoms with van der Waals surface area (Å²) in [5.41, 5.74) is 0. The monoisotopic (exact) mass is 440 g/mol. The summed E-state index contributed by atoms with van der Waals surface area (Å²) >= 11 is 0. The van der Waals surface area contributed by atoms with E-state index in [0.29, 0.717) is 32.5 Å². The fourth-order valence-corrected chi connectivity index (χ4v) is 3.25. The van der Waals surface area contributed by atoms with E-state index < -0.39 is 12.1 Å². The number of carbonyl (C=O) groups excluding carboxylic acids is 1. The van der Waals surface area contributed by atoms with Crippen LogP contribution in [-0.4, -0.2) is 47.6 Å². The van der Waals surface area contributed by atoms with E-state index in [2.05, 4.69) is 79.1 Å². The maximum atomic E-state index is 12.3. The summed E-state index contributed by atoms with van der Waals surface area (Å²) < 4.78 is 0. The van der Waals surface area contributed by atoms with Crippen LogP contribution in [0.4, 0.5) is 4.79 Å². The second-order valence-corrected chi connectivity index (χ2v) is 7.62. The minimum atomic E-state index is -1.02. The number of hydrogen-bond donors (Lipinski definition) is 2. The van der Waals surface area contributed by atoms with Crippen molar-refractivity contribution < 1.29 is 14.7 Å². The number of allylic oxidation sites excluding steroid dienone is 12. The van der Waals surface area contributed by atoms with Gasteiger partial charge in [0.05, 0.1) is 0 Å². The number of nitrogens with zero attached hydrogens (tertiary/aromatic N) is 1. The molecule has 0 aromatic carbocycles. The highest BCUT2D eigenvalue weighted by molar-refractivity contribution is 5.87. The van der Waals surface area contributed by atoms with Gasteiger partial charge >= 0.3 is 6.09 Å². The number of piperazine rings is 1. The van der Waals surface area contributed by atoms with E-state index in [1.807, 2.05) is 6.08 Å². The molecule has 176 valence electrons. The van der Waals surface area contributed by atoms with Gasteiger partial charge in [0, 0.05) is 26.1 Å². The van der Waals surface area contributed by atoms with E-state index in [0.717, 1.165) is 38.5 Å². The molecule has 0 bridgehead atoms. The van der Waals surface area contributed by atoms with E-state index >= 15 is 0 Å². The highest BCUT2D eigenvalue weighted by Crippen LogP contribution is 2.09. The van der Waals surface area contributed by atoms with Gasteiger partial charge in [-0.25, -0.2) is 4.79 Å². The SMILES string of the molecule is CCC=CCC=CCC=CCC=CCC=CCC=CCCC(=O)C1CNCCN1C(=O)O. The van der Waals surface area contributed by atoms with Crippen molar-refractivity contribution in [1.82, 2.24) is 10.2 Å². The Morgan fingerprint density at radius 2 is 1.28 bits per heavy atom. The Bertz CT molecular complexity index is 702. The maximum absolute atomic E-state index is 12.3. The van der Waals surface area contributed by atoms with Crippen LogP contribution in [0, 0.1) is 0 Å². The third kappa shape index (κ3) is 13.6. The molecule has 5 heteroatoms. The third-order valence-electron chi connectivity index (χ3n) is 5.01. The van der Waals surface area contributed by atoms with Gasteiger partial charge in [-0.15, -0.1) is 0 Å². The molecule has 1 atom stereocenters. The molecule has 0 saturated carbocycles. The van der Waals surface area contributed by atoms with Gasteiger partial charge in [0.1, 0.15) is 6.04 Å². The standard InChI is InChI=1S/C27H40N2O3/c1-2-3-4-5-6-7-8-9-10-11-12-13-14-15-16-17-18-19-20-21-26(30)25-24-28-22-23-29(25)27(31)32/h3-4,6-7,9-10,12-13,15-16,18-19,25,28H,2,5,8,11,14,17,20-24H2,1H3,(H,31,32). The van der Waals surface area contributed by atoms with Crippen molar-refractivity contribution in [2.75, 3.05) is 19.6 Å². The van der Waals surface area contributed by atoms with Crippen molar-refractivity contribution >= 4 is 11.9 Å². The van der Waals surface area contributed by atoms with Crippen molar-refractivity contribution in [2.24, 2.45) is 0 Å². The van der Waals surface area contributed by atoms with Gasteiger partial charge in [0.15, 0.2) is 5.78 Å². The van der Waals surface area contributed by atoms with Crippen molar-refractivity contribution in [2.45, 2.75) is 64.3 Å². The van der Waals surface area contributed by atoms with Crippen molar-refractivity contribution in [1.29, 1.82) is 0 Å². The molecular weight excluding hydrogens is 400 g/mol. The molecule has 1 saturated heterocycles. The van der Waals surface area contributed by atoms with Gasteiger partial charge < -0.3 is 10.4 Å². The van der Waals surface area contributed by atoms with Gasteiger partial charge in [-0.1, -0.05) is 79.8 Å². The first-order chi connectivity index (χ1) is 15.7. The van der Waals surface area contributed by atoms with E-state index in [1.54, 1.807) is 0 Å². The van der Waals surface area contributed by atoms with Gasteiger partial charge in [0.2, 0.25) is 0 Å². The number of ketones is 1. The molecule has 1 aliphatic rings. The maximum Gasteiger partial charge on any atom is 0.408 e. The van der Waals surface area contributed by atoms with E-state index in [1.165, 1.54) is 4.90 Å². The van der Waals surface area contributed by atoms with Crippen LogP contribution in [-0.2, 0) is 4.79 Å². The summed E-state index contributed by atoms with van der Waals surface area (Å²) in [6.45, 7) is 3.52. The van der Waals surface area contributed by atoms with Crippen molar-refractivity contribution in [3.05, 3.63) is 72.9 Å². The number of carbonyl (C=O) groups is 2. The first-order valence-corrected chi connectivity index (χ1v) is 11.8. The van der Waals surface area contributed by atoms with Crippen LogP contribution in [0.3, 0.4) is 0 Å². The Morgan fingerprint density at radius 3 is 1.75 bits per heavy atom. The Hall–Kier alpha value is -2.66. The molecular formula is C27H40N2O3. The summed E-state index contributed by atoms with van der Waals surface area (Å²) in [6, 6.07) is -0.555. The van der Waals surface area contributed by atoms with Crippen LogP contribution in [0.2, 0.25) is 0 Å². The zero-order valence-corrected chi connectivity index (χ0v) is 19.5. The minimum absolute atomic E-state index is 0.0147. The van der Waals surface area contributed by atoms with Crippen LogP contribution >= 0.6 is 0 Å². The fraction of sp³-hybridized carbons (Fsp3) is 0.481. The number of rotatable bonds is 15. The highest BCUT2D eigenvalue weighted by Gasteiger charge is 2.30. The zero-order chi connectivity index (χ0) is 23.3. The second-order valence-electron chi connectivity index (χ2n) is 7.62. The summed E-state index contributed by atoms with van der Waals surface area (Å²) in [5.74, 6) is -0.0147. The number of Topliss-reactive ketones (excluding diaryl/α,β-unsaturated/α-hetero) is 1. The molecule has 0 aromatic heterocycles. The van der Waals surface area contributed by atoms with Crippen LogP contribution in [0.1, 0.15) is 58.3 Å². The molecule has 32 heavy (non-hydrogen) atoms. The van der Waals surface area contributed by atoms with E-state index in [4.69, 9.17) is 0 Å². The average molecular weight is 441 g/mol. The van der Waals surface area contributed by atoms with Gasteiger partial charge in [0.25, 0.3) is 0 Å². The molecule has 1 heterocycles. The van der Waals surface area contributed by atoms with Crippen LogP contribution in [0.25, 0.3) is 0 Å². The minimum Gasteiger partial charge on any atom is -0.465 e.